The Balaban J connectivity index is 0.00000529. The predicted octanol–water partition coefficient (Wildman–Crippen LogP) is 3.65. The average Bonchev–Trinajstić information content (AvgIpc) is 2.97. The maximum atomic E-state index is 12.5. The molecule has 0 aliphatic heterocycles. The van der Waals surface area contributed by atoms with E-state index in [-0.39, 0.29) is 30.5 Å². The zero-order chi connectivity index (χ0) is 17.1. The number of aliphatic imine (C=N–C) groups is 1. The maximum Gasteiger partial charge on any atom is 0.434 e. The SMILES string of the molecule is CCNC(=NCc1nc(C(F)(F)F)cs1)NCCCCOCC.I. The molecule has 1 aromatic rings. The number of halogens is 4. The van der Waals surface area contributed by atoms with E-state index in [0.717, 1.165) is 42.7 Å². The monoisotopic (exact) mass is 480 g/mol. The number of guanidine groups is 1. The van der Waals surface area contributed by atoms with Crippen LogP contribution in [0.2, 0.25) is 0 Å². The first-order chi connectivity index (χ1) is 11.0. The summed E-state index contributed by atoms with van der Waals surface area (Å²) >= 11 is 0.964. The van der Waals surface area contributed by atoms with Gasteiger partial charge in [0.25, 0.3) is 0 Å². The minimum atomic E-state index is -4.40. The molecule has 0 bridgehead atoms. The number of rotatable bonds is 9. The van der Waals surface area contributed by atoms with E-state index in [4.69, 9.17) is 4.74 Å². The highest BCUT2D eigenvalue weighted by atomic mass is 127. The van der Waals surface area contributed by atoms with Gasteiger partial charge in [-0.1, -0.05) is 0 Å². The van der Waals surface area contributed by atoms with Gasteiger partial charge in [0, 0.05) is 31.7 Å². The van der Waals surface area contributed by atoms with Gasteiger partial charge in [0.05, 0.1) is 6.54 Å². The Labute approximate surface area is 161 Å². The Morgan fingerprint density at radius 3 is 2.62 bits per heavy atom. The highest BCUT2D eigenvalue weighted by Crippen LogP contribution is 2.30. The fraction of sp³-hybridized carbons (Fsp3) is 0.714. The van der Waals surface area contributed by atoms with E-state index in [9.17, 15) is 13.2 Å². The number of thiazole rings is 1. The number of nitrogens with one attached hydrogen (secondary N) is 2. The highest BCUT2D eigenvalue weighted by molar-refractivity contribution is 14.0. The molecule has 0 aliphatic rings. The maximum absolute atomic E-state index is 12.5. The molecule has 0 unspecified atom stereocenters. The first-order valence-corrected chi connectivity index (χ1v) is 8.46. The quantitative estimate of drug-likeness (QED) is 0.245. The lowest BCUT2D eigenvalue weighted by Crippen LogP contribution is -2.37. The summed E-state index contributed by atoms with van der Waals surface area (Å²) in [5.74, 6) is 0.577. The molecule has 1 aromatic heterocycles. The van der Waals surface area contributed by atoms with Crippen molar-refractivity contribution in [2.45, 2.75) is 39.4 Å². The number of unbranched alkanes of at least 4 members (excludes halogenated alkanes) is 1. The molecule has 140 valence electrons. The zero-order valence-electron chi connectivity index (χ0n) is 13.8. The molecule has 2 N–H and O–H groups in total. The number of ether oxygens (including phenoxy) is 1. The fourth-order valence-electron chi connectivity index (χ4n) is 1.68. The Kier molecular flexibility index (Phi) is 12.4. The Bertz CT molecular complexity index is 483. The topological polar surface area (TPSA) is 58.5 Å². The summed E-state index contributed by atoms with van der Waals surface area (Å²) in [5.41, 5.74) is -0.860. The molecule has 0 radical (unpaired) electrons. The molecule has 5 nitrogen and oxygen atoms in total. The van der Waals surface area contributed by atoms with Crippen molar-refractivity contribution in [3.63, 3.8) is 0 Å². The van der Waals surface area contributed by atoms with Crippen molar-refractivity contribution >= 4 is 41.3 Å². The number of hydrogen-bond acceptors (Lipinski definition) is 4. The number of aromatic nitrogens is 1. The van der Waals surface area contributed by atoms with E-state index in [1.807, 2.05) is 13.8 Å². The van der Waals surface area contributed by atoms with Crippen molar-refractivity contribution in [2.24, 2.45) is 4.99 Å². The summed E-state index contributed by atoms with van der Waals surface area (Å²) < 4.78 is 42.7. The fourth-order valence-corrected chi connectivity index (χ4v) is 2.41. The van der Waals surface area contributed by atoms with Gasteiger partial charge in [0.2, 0.25) is 0 Å². The Morgan fingerprint density at radius 2 is 2.04 bits per heavy atom. The highest BCUT2D eigenvalue weighted by Gasteiger charge is 2.33. The van der Waals surface area contributed by atoms with Gasteiger partial charge in [0.1, 0.15) is 5.01 Å². The van der Waals surface area contributed by atoms with Crippen molar-refractivity contribution in [2.75, 3.05) is 26.3 Å². The molecule has 0 saturated carbocycles. The molecule has 0 fully saturated rings. The van der Waals surface area contributed by atoms with Crippen LogP contribution in [0, 0.1) is 0 Å². The van der Waals surface area contributed by atoms with Gasteiger partial charge < -0.3 is 15.4 Å². The molecular formula is C14H24F3IN4OS. The zero-order valence-corrected chi connectivity index (χ0v) is 16.9. The van der Waals surface area contributed by atoms with Gasteiger partial charge in [-0.25, -0.2) is 9.98 Å². The molecule has 0 aromatic carbocycles. The number of alkyl halides is 3. The van der Waals surface area contributed by atoms with Crippen molar-refractivity contribution in [1.82, 2.24) is 15.6 Å². The van der Waals surface area contributed by atoms with Crippen LogP contribution >= 0.6 is 35.3 Å². The third kappa shape index (κ3) is 9.62. The predicted molar refractivity (Wildman–Crippen MR) is 101 cm³/mol. The van der Waals surface area contributed by atoms with Gasteiger partial charge >= 0.3 is 6.18 Å². The molecule has 1 heterocycles. The minimum absolute atomic E-state index is 0. The van der Waals surface area contributed by atoms with E-state index >= 15 is 0 Å². The van der Waals surface area contributed by atoms with Crippen molar-refractivity contribution in [3.05, 3.63) is 16.1 Å². The van der Waals surface area contributed by atoms with Crippen LogP contribution in [-0.2, 0) is 17.5 Å². The minimum Gasteiger partial charge on any atom is -0.382 e. The van der Waals surface area contributed by atoms with Gasteiger partial charge in [-0.05, 0) is 26.7 Å². The van der Waals surface area contributed by atoms with E-state index in [2.05, 4.69) is 20.6 Å². The van der Waals surface area contributed by atoms with Crippen molar-refractivity contribution in [1.29, 1.82) is 0 Å². The number of hydrogen-bond donors (Lipinski definition) is 2. The third-order valence-corrected chi connectivity index (χ3v) is 3.60. The molecular weight excluding hydrogens is 456 g/mol. The molecule has 0 aliphatic carbocycles. The third-order valence-electron chi connectivity index (χ3n) is 2.77. The second-order valence-electron chi connectivity index (χ2n) is 4.65. The van der Waals surface area contributed by atoms with Gasteiger partial charge in [-0.3, -0.25) is 0 Å². The molecule has 0 atom stereocenters. The van der Waals surface area contributed by atoms with Crippen LogP contribution in [0.1, 0.15) is 37.4 Å². The lowest BCUT2D eigenvalue weighted by Gasteiger charge is -2.10. The summed E-state index contributed by atoms with van der Waals surface area (Å²) in [6.07, 6.45) is -2.52. The summed E-state index contributed by atoms with van der Waals surface area (Å²) in [6.45, 7) is 6.85. The molecule has 0 spiro atoms. The van der Waals surface area contributed by atoms with Crippen LogP contribution in [0.3, 0.4) is 0 Å². The summed E-state index contributed by atoms with van der Waals surface area (Å²) in [5, 5.41) is 7.55. The van der Waals surface area contributed by atoms with Gasteiger partial charge in [-0.15, -0.1) is 35.3 Å². The standard InChI is InChI=1S/C14H23F3N4OS.HI/c1-3-18-13(19-7-5-6-8-22-4-2)20-9-12-21-11(10-23-12)14(15,16)17;/h10H,3-9H2,1-2H3,(H2,18,19,20);1H. The molecule has 1 rings (SSSR count). The summed E-state index contributed by atoms with van der Waals surface area (Å²) in [6, 6.07) is 0. The van der Waals surface area contributed by atoms with E-state index < -0.39 is 11.9 Å². The normalized spacial score (nSPS) is 12.0. The van der Waals surface area contributed by atoms with E-state index in [1.165, 1.54) is 0 Å². The van der Waals surface area contributed by atoms with E-state index in [0.29, 0.717) is 24.1 Å². The van der Waals surface area contributed by atoms with Gasteiger partial charge in [-0.2, -0.15) is 13.2 Å². The first-order valence-electron chi connectivity index (χ1n) is 7.58. The van der Waals surface area contributed by atoms with Crippen molar-refractivity contribution in [3.8, 4) is 0 Å². The molecule has 24 heavy (non-hydrogen) atoms. The average molecular weight is 480 g/mol. The summed E-state index contributed by atoms with van der Waals surface area (Å²) in [7, 11) is 0. The van der Waals surface area contributed by atoms with E-state index in [1.54, 1.807) is 0 Å². The van der Waals surface area contributed by atoms with Gasteiger partial charge in [0.15, 0.2) is 11.7 Å². The Hall–Kier alpha value is -0.620. The molecule has 0 saturated heterocycles. The number of nitrogens with zero attached hydrogens (tertiary/aromatic N) is 2. The summed E-state index contributed by atoms with van der Waals surface area (Å²) in [4.78, 5) is 7.81. The Morgan fingerprint density at radius 1 is 1.29 bits per heavy atom. The van der Waals surface area contributed by atoms with Crippen LogP contribution in [0.25, 0.3) is 0 Å². The molecule has 0 amide bonds. The second-order valence-corrected chi connectivity index (χ2v) is 5.59. The lowest BCUT2D eigenvalue weighted by molar-refractivity contribution is -0.140. The van der Waals surface area contributed by atoms with Crippen LogP contribution < -0.4 is 10.6 Å². The van der Waals surface area contributed by atoms with Crippen LogP contribution in [0.4, 0.5) is 13.2 Å². The second kappa shape index (κ2) is 12.7. The van der Waals surface area contributed by atoms with Crippen molar-refractivity contribution < 1.29 is 17.9 Å². The van der Waals surface area contributed by atoms with Crippen LogP contribution in [0.15, 0.2) is 10.4 Å². The molecule has 10 heteroatoms. The van der Waals surface area contributed by atoms with Crippen LogP contribution in [0.5, 0.6) is 0 Å². The lowest BCUT2D eigenvalue weighted by atomic mass is 10.3. The largest absolute Gasteiger partial charge is 0.434 e. The van der Waals surface area contributed by atoms with Crippen LogP contribution in [-0.4, -0.2) is 37.2 Å². The first kappa shape index (κ1) is 23.4. The smallest absolute Gasteiger partial charge is 0.382 e.